The summed E-state index contributed by atoms with van der Waals surface area (Å²) >= 11 is 0. The van der Waals surface area contributed by atoms with Crippen LogP contribution >= 0.6 is 0 Å². The summed E-state index contributed by atoms with van der Waals surface area (Å²) in [5.74, 6) is -3.05. The predicted molar refractivity (Wildman–Crippen MR) is 109 cm³/mol. The minimum atomic E-state index is -1.15. The van der Waals surface area contributed by atoms with Gasteiger partial charge in [-0.05, 0) is 18.3 Å². The average molecular weight is 425 g/mol. The molecule has 7 N–H and O–H groups in total. The molecule has 3 amide bonds. The van der Waals surface area contributed by atoms with Gasteiger partial charge in [-0.15, -0.1) is 0 Å². The van der Waals surface area contributed by atoms with Crippen molar-refractivity contribution >= 4 is 23.7 Å². The number of H-pyrrole nitrogens is 1. The molecule has 0 radical (unpaired) electrons. The minimum Gasteiger partial charge on any atom is -0.480 e. The van der Waals surface area contributed by atoms with Crippen molar-refractivity contribution in [1.82, 2.24) is 25.9 Å². The minimum absolute atomic E-state index is 0.0936. The number of aromatic amines is 1. The SMILES string of the molecule is CC(C)CC(NC(=O)C(N)Cc1cnc[nH]1)C(=O)NCC(=O)NC(C(=O)O)C(C)C. The fourth-order valence-corrected chi connectivity index (χ4v) is 2.74. The number of hydrogen-bond donors (Lipinski definition) is 6. The number of carboxylic acids is 1. The number of rotatable bonds is 12. The molecule has 0 fully saturated rings. The van der Waals surface area contributed by atoms with Gasteiger partial charge in [-0.2, -0.15) is 0 Å². The van der Waals surface area contributed by atoms with Crippen LogP contribution in [0, 0.1) is 11.8 Å². The molecule has 0 spiro atoms. The Hall–Kier alpha value is -2.95. The molecule has 1 aromatic heterocycles. The Morgan fingerprint density at radius 1 is 1.13 bits per heavy atom. The molecular weight excluding hydrogens is 392 g/mol. The summed E-state index contributed by atoms with van der Waals surface area (Å²) in [6.07, 6.45) is 3.62. The van der Waals surface area contributed by atoms with Gasteiger partial charge in [0, 0.05) is 18.3 Å². The van der Waals surface area contributed by atoms with Gasteiger partial charge < -0.3 is 31.8 Å². The van der Waals surface area contributed by atoms with Gasteiger partial charge >= 0.3 is 5.97 Å². The molecule has 0 aromatic carbocycles. The Balaban J connectivity index is 2.64. The Kier molecular flexibility index (Phi) is 9.96. The first-order valence-corrected chi connectivity index (χ1v) is 9.84. The number of carboxylic acid groups (broad SMARTS) is 1. The maximum absolute atomic E-state index is 12.5. The van der Waals surface area contributed by atoms with Crippen molar-refractivity contribution in [3.8, 4) is 0 Å². The van der Waals surface area contributed by atoms with Crippen LogP contribution in [0.2, 0.25) is 0 Å². The second-order valence-electron chi connectivity index (χ2n) is 7.92. The molecule has 11 nitrogen and oxygen atoms in total. The first kappa shape index (κ1) is 25.1. The zero-order valence-corrected chi connectivity index (χ0v) is 17.8. The zero-order valence-electron chi connectivity index (χ0n) is 17.8. The van der Waals surface area contributed by atoms with E-state index in [-0.39, 0.29) is 18.3 Å². The first-order chi connectivity index (χ1) is 14.0. The number of amides is 3. The zero-order chi connectivity index (χ0) is 22.8. The third kappa shape index (κ3) is 8.60. The molecule has 3 unspecified atom stereocenters. The predicted octanol–water partition coefficient (Wildman–Crippen LogP) is -0.848. The molecule has 30 heavy (non-hydrogen) atoms. The van der Waals surface area contributed by atoms with Crippen LogP contribution in [0.1, 0.15) is 39.8 Å². The second kappa shape index (κ2) is 11.9. The Morgan fingerprint density at radius 3 is 2.30 bits per heavy atom. The highest BCUT2D eigenvalue weighted by Crippen LogP contribution is 2.06. The number of carbonyl (C=O) groups excluding carboxylic acids is 3. The average Bonchev–Trinajstić information content (AvgIpc) is 3.15. The second-order valence-corrected chi connectivity index (χ2v) is 7.92. The van der Waals surface area contributed by atoms with Crippen LogP contribution in [-0.4, -0.2) is 63.4 Å². The lowest BCUT2D eigenvalue weighted by atomic mass is 10.0. The van der Waals surface area contributed by atoms with E-state index in [2.05, 4.69) is 25.9 Å². The van der Waals surface area contributed by atoms with Crippen LogP contribution in [-0.2, 0) is 25.6 Å². The summed E-state index contributed by atoms with van der Waals surface area (Å²) in [7, 11) is 0. The Morgan fingerprint density at radius 2 is 1.80 bits per heavy atom. The standard InChI is InChI=1S/C19H32N6O5/c1-10(2)5-14(24-17(27)13(20)6-12-7-21-9-23-12)18(28)22-8-15(26)25-16(11(3)4)19(29)30/h7,9-11,13-14,16H,5-6,8,20H2,1-4H3,(H,21,23)(H,22,28)(H,24,27)(H,25,26)(H,29,30). The van der Waals surface area contributed by atoms with E-state index in [1.807, 2.05) is 13.8 Å². The van der Waals surface area contributed by atoms with Gasteiger partial charge in [-0.25, -0.2) is 9.78 Å². The summed E-state index contributed by atoms with van der Waals surface area (Å²) in [5.41, 5.74) is 6.60. The van der Waals surface area contributed by atoms with E-state index in [4.69, 9.17) is 10.8 Å². The number of nitrogens with zero attached hydrogens (tertiary/aromatic N) is 1. The highest BCUT2D eigenvalue weighted by molar-refractivity contribution is 5.92. The molecule has 0 saturated heterocycles. The molecule has 1 rings (SSSR count). The van der Waals surface area contributed by atoms with Crippen molar-refractivity contribution < 1.29 is 24.3 Å². The van der Waals surface area contributed by atoms with E-state index >= 15 is 0 Å². The first-order valence-electron chi connectivity index (χ1n) is 9.84. The van der Waals surface area contributed by atoms with E-state index in [1.54, 1.807) is 20.0 Å². The smallest absolute Gasteiger partial charge is 0.326 e. The van der Waals surface area contributed by atoms with Crippen LogP contribution in [0.4, 0.5) is 0 Å². The monoisotopic (exact) mass is 424 g/mol. The fraction of sp³-hybridized carbons (Fsp3) is 0.632. The molecular formula is C19H32N6O5. The van der Waals surface area contributed by atoms with E-state index in [0.717, 1.165) is 0 Å². The molecule has 11 heteroatoms. The van der Waals surface area contributed by atoms with Crippen molar-refractivity contribution in [2.45, 2.75) is 58.7 Å². The molecule has 0 aliphatic heterocycles. The lowest BCUT2D eigenvalue weighted by molar-refractivity contribution is -0.143. The van der Waals surface area contributed by atoms with Crippen LogP contribution < -0.4 is 21.7 Å². The van der Waals surface area contributed by atoms with Crippen molar-refractivity contribution in [3.05, 3.63) is 18.2 Å². The van der Waals surface area contributed by atoms with Gasteiger partial charge in [0.1, 0.15) is 12.1 Å². The highest BCUT2D eigenvalue weighted by atomic mass is 16.4. The van der Waals surface area contributed by atoms with Crippen molar-refractivity contribution in [3.63, 3.8) is 0 Å². The van der Waals surface area contributed by atoms with Gasteiger partial charge in [0.25, 0.3) is 0 Å². The molecule has 0 aliphatic carbocycles. The number of hydrogen-bond acceptors (Lipinski definition) is 6. The molecule has 1 heterocycles. The summed E-state index contributed by atoms with van der Waals surface area (Å²) in [6.45, 7) is 6.71. The molecule has 168 valence electrons. The maximum atomic E-state index is 12.5. The van der Waals surface area contributed by atoms with Crippen LogP contribution in [0.3, 0.4) is 0 Å². The molecule has 3 atom stereocenters. The number of aromatic nitrogens is 2. The number of imidazole rings is 1. The summed E-state index contributed by atoms with van der Waals surface area (Å²) in [4.78, 5) is 54.8. The fourth-order valence-electron chi connectivity index (χ4n) is 2.74. The highest BCUT2D eigenvalue weighted by Gasteiger charge is 2.27. The van der Waals surface area contributed by atoms with Gasteiger partial charge in [0.2, 0.25) is 17.7 Å². The van der Waals surface area contributed by atoms with Crippen molar-refractivity contribution in [1.29, 1.82) is 0 Å². The van der Waals surface area contributed by atoms with Crippen LogP contribution in [0.15, 0.2) is 12.5 Å². The Bertz CT molecular complexity index is 719. The van der Waals surface area contributed by atoms with Gasteiger partial charge in [0.05, 0.1) is 18.9 Å². The van der Waals surface area contributed by atoms with E-state index in [9.17, 15) is 19.2 Å². The topological polar surface area (TPSA) is 179 Å². The summed E-state index contributed by atoms with van der Waals surface area (Å²) < 4.78 is 0. The third-order valence-electron chi connectivity index (χ3n) is 4.34. The molecule has 0 saturated carbocycles. The van der Waals surface area contributed by atoms with E-state index < -0.39 is 48.4 Å². The summed E-state index contributed by atoms with van der Waals surface area (Å²) in [6, 6.07) is -2.81. The quantitative estimate of drug-likeness (QED) is 0.253. The van der Waals surface area contributed by atoms with E-state index in [0.29, 0.717) is 12.1 Å². The number of nitrogens with one attached hydrogen (secondary N) is 4. The largest absolute Gasteiger partial charge is 0.480 e. The molecule has 0 aliphatic rings. The number of carbonyl (C=O) groups is 4. The normalized spacial score (nSPS) is 14.1. The van der Waals surface area contributed by atoms with Gasteiger partial charge in [0.15, 0.2) is 0 Å². The molecule has 0 bridgehead atoms. The Labute approximate surface area is 175 Å². The van der Waals surface area contributed by atoms with Crippen LogP contribution in [0.25, 0.3) is 0 Å². The summed E-state index contributed by atoms with van der Waals surface area (Å²) in [5, 5.41) is 16.6. The number of aliphatic carboxylic acids is 1. The van der Waals surface area contributed by atoms with Crippen molar-refractivity contribution in [2.24, 2.45) is 17.6 Å². The lowest BCUT2D eigenvalue weighted by Gasteiger charge is -2.22. The lowest BCUT2D eigenvalue weighted by Crippen LogP contribution is -2.54. The maximum Gasteiger partial charge on any atom is 0.326 e. The molecule has 1 aromatic rings. The van der Waals surface area contributed by atoms with Crippen LogP contribution in [0.5, 0.6) is 0 Å². The number of nitrogens with two attached hydrogens (primary N) is 1. The van der Waals surface area contributed by atoms with Gasteiger partial charge in [-0.3, -0.25) is 14.4 Å². The van der Waals surface area contributed by atoms with E-state index in [1.165, 1.54) is 6.33 Å². The van der Waals surface area contributed by atoms with Crippen molar-refractivity contribution in [2.75, 3.05) is 6.54 Å². The third-order valence-corrected chi connectivity index (χ3v) is 4.34. The van der Waals surface area contributed by atoms with Gasteiger partial charge in [-0.1, -0.05) is 27.7 Å².